The van der Waals surface area contributed by atoms with Crippen molar-refractivity contribution in [2.45, 2.75) is 45.1 Å². The lowest BCUT2D eigenvalue weighted by molar-refractivity contribution is -0.136. The van der Waals surface area contributed by atoms with Gasteiger partial charge in [0, 0.05) is 25.6 Å². The van der Waals surface area contributed by atoms with Gasteiger partial charge in [0.1, 0.15) is 0 Å². The van der Waals surface area contributed by atoms with E-state index >= 15 is 0 Å². The Labute approximate surface area is 91.5 Å². The number of piperidine rings is 1. The summed E-state index contributed by atoms with van der Waals surface area (Å²) in [5.41, 5.74) is 0. The Morgan fingerprint density at radius 1 is 1.40 bits per heavy atom. The van der Waals surface area contributed by atoms with E-state index in [1.54, 1.807) is 0 Å². The first-order chi connectivity index (χ1) is 7.26. The second-order valence-corrected chi connectivity index (χ2v) is 4.92. The first kappa shape index (κ1) is 10.9. The monoisotopic (exact) mass is 211 g/mol. The molecule has 0 bridgehead atoms. The van der Waals surface area contributed by atoms with Gasteiger partial charge in [-0.05, 0) is 37.5 Å². The van der Waals surface area contributed by atoms with Gasteiger partial charge in [-0.3, -0.25) is 4.79 Å². The summed E-state index contributed by atoms with van der Waals surface area (Å²) >= 11 is 0. The smallest absolute Gasteiger partial charge is 0.222 e. The largest absolute Gasteiger partial charge is 0.396 e. The molecule has 1 aliphatic heterocycles. The standard InChI is InChI=1S/C12H21NO2/c1-2-12(15)13-6-5-9(8-14)7-11(13)10-3-4-10/h9-11,14H,2-8H2,1H3. The van der Waals surface area contributed by atoms with Gasteiger partial charge in [0.25, 0.3) is 0 Å². The summed E-state index contributed by atoms with van der Waals surface area (Å²) in [5, 5.41) is 9.19. The molecule has 1 aliphatic carbocycles. The molecule has 0 spiro atoms. The van der Waals surface area contributed by atoms with Crippen molar-refractivity contribution in [1.29, 1.82) is 0 Å². The van der Waals surface area contributed by atoms with Crippen LogP contribution in [0.2, 0.25) is 0 Å². The number of rotatable bonds is 3. The van der Waals surface area contributed by atoms with E-state index in [2.05, 4.69) is 4.90 Å². The molecule has 0 aromatic carbocycles. The quantitative estimate of drug-likeness (QED) is 0.766. The number of nitrogens with zero attached hydrogens (tertiary/aromatic N) is 1. The van der Waals surface area contributed by atoms with E-state index in [1.807, 2.05) is 6.92 Å². The summed E-state index contributed by atoms with van der Waals surface area (Å²) in [6.07, 6.45) is 5.16. The first-order valence-electron chi connectivity index (χ1n) is 6.16. The highest BCUT2D eigenvalue weighted by Crippen LogP contribution is 2.40. The molecule has 2 aliphatic rings. The van der Waals surface area contributed by atoms with Crippen LogP contribution in [0.4, 0.5) is 0 Å². The fraction of sp³-hybridized carbons (Fsp3) is 0.917. The molecule has 1 saturated carbocycles. The highest BCUT2D eigenvalue weighted by atomic mass is 16.3. The predicted molar refractivity (Wildman–Crippen MR) is 58.3 cm³/mol. The summed E-state index contributed by atoms with van der Waals surface area (Å²) < 4.78 is 0. The van der Waals surface area contributed by atoms with Crippen molar-refractivity contribution in [1.82, 2.24) is 4.90 Å². The van der Waals surface area contributed by atoms with Crippen LogP contribution in [-0.2, 0) is 4.79 Å². The van der Waals surface area contributed by atoms with Gasteiger partial charge in [0.2, 0.25) is 5.91 Å². The number of hydrogen-bond donors (Lipinski definition) is 1. The van der Waals surface area contributed by atoms with Crippen LogP contribution in [0.3, 0.4) is 0 Å². The van der Waals surface area contributed by atoms with Crippen molar-refractivity contribution in [2.75, 3.05) is 13.2 Å². The Morgan fingerprint density at radius 3 is 2.67 bits per heavy atom. The van der Waals surface area contributed by atoms with Crippen LogP contribution >= 0.6 is 0 Å². The maximum Gasteiger partial charge on any atom is 0.222 e. The normalized spacial score (nSPS) is 31.7. The number of aliphatic hydroxyl groups is 1. The fourth-order valence-electron chi connectivity index (χ4n) is 2.68. The van der Waals surface area contributed by atoms with Crippen LogP contribution in [-0.4, -0.2) is 35.1 Å². The molecular formula is C12H21NO2. The number of carbonyl (C=O) groups is 1. The molecule has 1 amide bonds. The zero-order chi connectivity index (χ0) is 10.8. The molecule has 1 N–H and O–H groups in total. The Kier molecular flexibility index (Phi) is 3.29. The van der Waals surface area contributed by atoms with Crippen molar-refractivity contribution < 1.29 is 9.90 Å². The van der Waals surface area contributed by atoms with Gasteiger partial charge in [0.15, 0.2) is 0 Å². The van der Waals surface area contributed by atoms with Gasteiger partial charge >= 0.3 is 0 Å². The van der Waals surface area contributed by atoms with E-state index in [4.69, 9.17) is 0 Å². The van der Waals surface area contributed by atoms with Crippen LogP contribution in [0.25, 0.3) is 0 Å². The van der Waals surface area contributed by atoms with Gasteiger partial charge in [-0.2, -0.15) is 0 Å². The van der Waals surface area contributed by atoms with Gasteiger partial charge < -0.3 is 10.0 Å². The van der Waals surface area contributed by atoms with Crippen molar-refractivity contribution in [3.05, 3.63) is 0 Å². The minimum absolute atomic E-state index is 0.289. The molecule has 15 heavy (non-hydrogen) atoms. The number of aliphatic hydroxyl groups excluding tert-OH is 1. The van der Waals surface area contributed by atoms with E-state index in [0.717, 1.165) is 25.3 Å². The summed E-state index contributed by atoms with van der Waals surface area (Å²) in [4.78, 5) is 13.8. The molecular weight excluding hydrogens is 190 g/mol. The Morgan fingerprint density at radius 2 is 2.13 bits per heavy atom. The average molecular weight is 211 g/mol. The van der Waals surface area contributed by atoms with Gasteiger partial charge in [0.05, 0.1) is 0 Å². The summed E-state index contributed by atoms with van der Waals surface area (Å²) in [6, 6.07) is 0.434. The molecule has 2 rings (SSSR count). The molecule has 0 aromatic heterocycles. The molecule has 2 atom stereocenters. The van der Waals surface area contributed by atoms with Crippen LogP contribution in [0, 0.1) is 11.8 Å². The number of hydrogen-bond acceptors (Lipinski definition) is 2. The summed E-state index contributed by atoms with van der Waals surface area (Å²) in [5.74, 6) is 1.45. The van der Waals surface area contributed by atoms with E-state index in [9.17, 15) is 9.90 Å². The molecule has 0 aromatic rings. The zero-order valence-corrected chi connectivity index (χ0v) is 9.48. The van der Waals surface area contributed by atoms with Gasteiger partial charge in [-0.1, -0.05) is 6.92 Å². The minimum Gasteiger partial charge on any atom is -0.396 e. The van der Waals surface area contributed by atoms with Gasteiger partial charge in [-0.15, -0.1) is 0 Å². The van der Waals surface area contributed by atoms with E-state index in [0.29, 0.717) is 24.3 Å². The molecule has 2 fully saturated rings. The topological polar surface area (TPSA) is 40.5 Å². The highest BCUT2D eigenvalue weighted by Gasteiger charge is 2.40. The lowest BCUT2D eigenvalue weighted by Crippen LogP contribution is -2.47. The zero-order valence-electron chi connectivity index (χ0n) is 9.48. The molecule has 1 heterocycles. The van der Waals surface area contributed by atoms with Crippen molar-refractivity contribution in [3.8, 4) is 0 Å². The number of amides is 1. The molecule has 86 valence electrons. The Balaban J connectivity index is 2.00. The number of likely N-dealkylation sites (tertiary alicyclic amines) is 1. The Bertz CT molecular complexity index is 238. The van der Waals surface area contributed by atoms with Gasteiger partial charge in [-0.25, -0.2) is 0 Å². The lowest BCUT2D eigenvalue weighted by Gasteiger charge is -2.39. The van der Waals surface area contributed by atoms with Crippen molar-refractivity contribution in [3.63, 3.8) is 0 Å². The maximum absolute atomic E-state index is 11.8. The SMILES string of the molecule is CCC(=O)N1CCC(CO)CC1C1CC1. The lowest BCUT2D eigenvalue weighted by atomic mass is 9.89. The number of carbonyl (C=O) groups excluding carboxylic acids is 1. The van der Waals surface area contributed by atoms with E-state index in [-0.39, 0.29) is 6.61 Å². The molecule has 3 heteroatoms. The first-order valence-corrected chi connectivity index (χ1v) is 6.16. The summed E-state index contributed by atoms with van der Waals surface area (Å²) in [6.45, 7) is 3.08. The average Bonchev–Trinajstić information content (AvgIpc) is 3.11. The van der Waals surface area contributed by atoms with Crippen molar-refractivity contribution in [2.24, 2.45) is 11.8 Å². The second kappa shape index (κ2) is 4.52. The minimum atomic E-state index is 0.289. The molecule has 3 nitrogen and oxygen atoms in total. The fourth-order valence-corrected chi connectivity index (χ4v) is 2.68. The van der Waals surface area contributed by atoms with Crippen LogP contribution < -0.4 is 0 Å². The van der Waals surface area contributed by atoms with Crippen molar-refractivity contribution >= 4 is 5.91 Å². The van der Waals surface area contributed by atoms with E-state index in [1.165, 1.54) is 12.8 Å². The third-order valence-electron chi connectivity index (χ3n) is 3.80. The third-order valence-corrected chi connectivity index (χ3v) is 3.80. The van der Waals surface area contributed by atoms with Crippen LogP contribution in [0.1, 0.15) is 39.0 Å². The Hall–Kier alpha value is -0.570. The summed E-state index contributed by atoms with van der Waals surface area (Å²) in [7, 11) is 0. The predicted octanol–water partition coefficient (Wildman–Crippen LogP) is 1.41. The van der Waals surface area contributed by atoms with E-state index < -0.39 is 0 Å². The third kappa shape index (κ3) is 2.33. The highest BCUT2D eigenvalue weighted by molar-refractivity contribution is 5.76. The van der Waals surface area contributed by atoms with Crippen LogP contribution in [0.5, 0.6) is 0 Å². The molecule has 0 radical (unpaired) electrons. The molecule has 1 saturated heterocycles. The molecule has 2 unspecified atom stereocenters. The van der Waals surface area contributed by atoms with Crippen LogP contribution in [0.15, 0.2) is 0 Å². The maximum atomic E-state index is 11.8. The second-order valence-electron chi connectivity index (χ2n) is 4.92.